The number of ketones is 1. The fourth-order valence-electron chi connectivity index (χ4n) is 5.10. The average Bonchev–Trinajstić information content (AvgIpc) is 3.08. The quantitative estimate of drug-likeness (QED) is 0.472. The zero-order valence-electron chi connectivity index (χ0n) is 18.9. The Morgan fingerprint density at radius 1 is 1.13 bits per heavy atom. The van der Waals surface area contributed by atoms with Crippen molar-refractivity contribution in [3.8, 4) is 0 Å². The summed E-state index contributed by atoms with van der Waals surface area (Å²) in [6.07, 6.45) is 4.75. The minimum atomic E-state index is -0.310. The van der Waals surface area contributed by atoms with Gasteiger partial charge in [-0.15, -0.1) is 0 Å². The van der Waals surface area contributed by atoms with Gasteiger partial charge in [-0.25, -0.2) is 0 Å². The predicted molar refractivity (Wildman–Crippen MR) is 125 cm³/mol. The smallest absolute Gasteiger partial charge is 0.220 e. The molecule has 1 atom stereocenters. The van der Waals surface area contributed by atoms with E-state index in [1.165, 1.54) is 11.8 Å². The summed E-state index contributed by atoms with van der Waals surface area (Å²) in [5.74, 6) is 1.02. The number of unbranched alkanes of at least 4 members (excludes halogenated alkanes) is 1. The Bertz CT molecular complexity index is 1020. The van der Waals surface area contributed by atoms with Crippen LogP contribution in [0.3, 0.4) is 0 Å². The van der Waals surface area contributed by atoms with Crippen LogP contribution in [0.4, 0.5) is 0 Å². The van der Waals surface area contributed by atoms with Gasteiger partial charge in [0.25, 0.3) is 0 Å². The summed E-state index contributed by atoms with van der Waals surface area (Å²) in [6.45, 7) is 9.47. The van der Waals surface area contributed by atoms with Crippen LogP contribution in [0, 0.1) is 16.7 Å². The first-order valence-corrected chi connectivity index (χ1v) is 12.2. The molecule has 1 aromatic heterocycles. The van der Waals surface area contributed by atoms with Crippen LogP contribution in [-0.4, -0.2) is 33.2 Å². The third kappa shape index (κ3) is 3.95. The number of carbonyl (C=O) groups is 3. The average molecular weight is 441 g/mol. The highest BCUT2D eigenvalue weighted by Gasteiger charge is 2.68. The van der Waals surface area contributed by atoms with Crippen LogP contribution in [-0.2, 0) is 16.1 Å². The molecule has 6 heteroatoms. The molecule has 2 aliphatic rings. The van der Waals surface area contributed by atoms with E-state index in [0.717, 1.165) is 48.0 Å². The number of rotatable bonds is 8. The third-order valence-electron chi connectivity index (χ3n) is 7.66. The van der Waals surface area contributed by atoms with Crippen molar-refractivity contribution in [2.45, 2.75) is 66.0 Å². The fourth-order valence-corrected chi connectivity index (χ4v) is 6.03. The van der Waals surface area contributed by atoms with E-state index in [9.17, 15) is 14.4 Å². The Kier molecular flexibility index (Phi) is 5.80. The van der Waals surface area contributed by atoms with Gasteiger partial charge in [0.05, 0.1) is 6.04 Å². The summed E-state index contributed by atoms with van der Waals surface area (Å²) in [7, 11) is 0. The van der Waals surface area contributed by atoms with E-state index < -0.39 is 0 Å². The third-order valence-corrected chi connectivity index (χ3v) is 8.67. The van der Waals surface area contributed by atoms with Crippen molar-refractivity contribution in [1.29, 1.82) is 0 Å². The fraction of sp³-hybridized carbons (Fsp3) is 0.560. The van der Waals surface area contributed by atoms with Gasteiger partial charge < -0.3 is 9.88 Å². The van der Waals surface area contributed by atoms with Gasteiger partial charge in [-0.3, -0.25) is 14.4 Å². The topological polar surface area (TPSA) is 68.2 Å². The summed E-state index contributed by atoms with van der Waals surface area (Å²) in [5, 5.41) is 3.94. The van der Waals surface area contributed by atoms with Crippen molar-refractivity contribution in [3.05, 3.63) is 36.0 Å². The molecule has 2 fully saturated rings. The summed E-state index contributed by atoms with van der Waals surface area (Å²) >= 11 is 1.30. The molecule has 1 amide bonds. The molecule has 1 unspecified atom stereocenters. The second kappa shape index (κ2) is 8.12. The van der Waals surface area contributed by atoms with Crippen LogP contribution in [0.2, 0.25) is 0 Å². The Balaban J connectivity index is 1.39. The van der Waals surface area contributed by atoms with E-state index in [-0.39, 0.29) is 39.6 Å². The lowest BCUT2D eigenvalue weighted by Gasteiger charge is -2.10. The van der Waals surface area contributed by atoms with Crippen molar-refractivity contribution in [3.63, 3.8) is 0 Å². The molecule has 1 saturated carbocycles. The molecule has 5 nitrogen and oxygen atoms in total. The molecule has 0 bridgehead atoms. The number of nitrogens with one attached hydrogen (secondary N) is 1. The number of para-hydroxylation sites is 1. The predicted octanol–water partition coefficient (Wildman–Crippen LogP) is 4.82. The van der Waals surface area contributed by atoms with Crippen LogP contribution < -0.4 is 5.32 Å². The Morgan fingerprint density at radius 3 is 2.48 bits per heavy atom. The summed E-state index contributed by atoms with van der Waals surface area (Å²) in [5.41, 5.74) is 1.91. The highest BCUT2D eigenvalue weighted by molar-refractivity contribution is 8.14. The number of carbonyl (C=O) groups excluding carboxylic acids is 3. The molecule has 2 heterocycles. The van der Waals surface area contributed by atoms with E-state index in [4.69, 9.17) is 0 Å². The van der Waals surface area contributed by atoms with E-state index in [0.29, 0.717) is 6.42 Å². The number of amides is 1. The molecule has 1 aromatic carbocycles. The monoisotopic (exact) mass is 440 g/mol. The molecular weight excluding hydrogens is 408 g/mol. The van der Waals surface area contributed by atoms with Crippen molar-refractivity contribution in [2.75, 3.05) is 5.75 Å². The lowest BCUT2D eigenvalue weighted by molar-refractivity contribution is -0.124. The number of nitrogens with zero attached hydrogens (tertiary/aromatic N) is 1. The maximum atomic E-state index is 13.4. The lowest BCUT2D eigenvalue weighted by Crippen LogP contribution is -2.36. The van der Waals surface area contributed by atoms with Gasteiger partial charge in [0.1, 0.15) is 0 Å². The second-order valence-corrected chi connectivity index (χ2v) is 11.1. The summed E-state index contributed by atoms with van der Waals surface area (Å²) in [6, 6.07) is 7.77. The number of hydrogen-bond donors (Lipinski definition) is 1. The number of Topliss-reactive ketones (excluding diaryl/α,β-unsaturated/α-hetero) is 1. The van der Waals surface area contributed by atoms with E-state index >= 15 is 0 Å². The van der Waals surface area contributed by atoms with Crippen LogP contribution in [0.25, 0.3) is 10.9 Å². The number of aromatic nitrogens is 1. The molecule has 0 spiro atoms. The largest absolute Gasteiger partial charge is 0.347 e. The standard InChI is InChI=1S/C25H32N2O3S/c1-24(2)22(25(24,3)4)21(29)17-15-27(19-10-6-5-9-16(17)19)13-8-7-11-20(28)26-18-12-14-31-23(18)30/h5-6,9-10,15,18,22H,7-8,11-14H2,1-4H3,(H,26,28). The first kappa shape index (κ1) is 22.1. The molecule has 31 heavy (non-hydrogen) atoms. The van der Waals surface area contributed by atoms with E-state index in [1.807, 2.05) is 24.4 Å². The highest BCUT2D eigenvalue weighted by Crippen LogP contribution is 2.69. The van der Waals surface area contributed by atoms with Gasteiger partial charge in [0.15, 0.2) is 5.78 Å². The second-order valence-electron chi connectivity index (χ2n) is 10.0. The molecular formula is C25H32N2O3S. The zero-order chi connectivity index (χ0) is 22.4. The van der Waals surface area contributed by atoms with Crippen LogP contribution >= 0.6 is 11.8 Å². The normalized spacial score (nSPS) is 22.1. The molecule has 1 saturated heterocycles. The van der Waals surface area contributed by atoms with E-state index in [1.54, 1.807) is 0 Å². The number of aryl methyl sites for hydroxylation is 1. The molecule has 4 rings (SSSR count). The van der Waals surface area contributed by atoms with Crippen molar-refractivity contribution in [2.24, 2.45) is 16.7 Å². The molecule has 1 N–H and O–H groups in total. The molecule has 2 aromatic rings. The van der Waals surface area contributed by atoms with Gasteiger partial charge in [-0.05, 0) is 36.2 Å². The Hall–Kier alpha value is -2.08. The first-order chi connectivity index (χ1) is 14.6. The van der Waals surface area contributed by atoms with Gasteiger partial charge in [0.2, 0.25) is 11.0 Å². The van der Waals surface area contributed by atoms with Crippen LogP contribution in [0.15, 0.2) is 30.5 Å². The maximum absolute atomic E-state index is 13.4. The van der Waals surface area contributed by atoms with Crippen LogP contribution in [0.5, 0.6) is 0 Å². The van der Waals surface area contributed by atoms with Gasteiger partial charge in [0, 0.05) is 47.3 Å². The number of hydrogen-bond acceptors (Lipinski definition) is 4. The number of benzene rings is 1. The van der Waals surface area contributed by atoms with Gasteiger partial charge in [-0.1, -0.05) is 57.7 Å². The van der Waals surface area contributed by atoms with Crippen molar-refractivity contribution < 1.29 is 14.4 Å². The minimum Gasteiger partial charge on any atom is -0.347 e. The Morgan fingerprint density at radius 2 is 1.84 bits per heavy atom. The first-order valence-electron chi connectivity index (χ1n) is 11.2. The maximum Gasteiger partial charge on any atom is 0.220 e. The summed E-state index contributed by atoms with van der Waals surface area (Å²) < 4.78 is 2.15. The van der Waals surface area contributed by atoms with Crippen molar-refractivity contribution in [1.82, 2.24) is 9.88 Å². The molecule has 166 valence electrons. The van der Waals surface area contributed by atoms with Crippen molar-refractivity contribution >= 4 is 39.5 Å². The Labute approximate surface area is 188 Å². The lowest BCUT2D eigenvalue weighted by atomic mass is 10.0. The minimum absolute atomic E-state index is 0.0137. The molecule has 0 radical (unpaired) electrons. The van der Waals surface area contributed by atoms with Gasteiger partial charge >= 0.3 is 0 Å². The summed E-state index contributed by atoms with van der Waals surface area (Å²) in [4.78, 5) is 37.2. The zero-order valence-corrected chi connectivity index (χ0v) is 19.7. The van der Waals surface area contributed by atoms with E-state index in [2.05, 4.69) is 43.6 Å². The molecule has 1 aliphatic heterocycles. The highest BCUT2D eigenvalue weighted by atomic mass is 32.2. The SMILES string of the molecule is CC1(C)C(C(=O)c2cn(CCCCC(=O)NC3CCSC3=O)c3ccccc23)C1(C)C. The number of fused-ring (bicyclic) bond motifs is 1. The number of thioether (sulfide) groups is 1. The van der Waals surface area contributed by atoms with Gasteiger partial charge in [-0.2, -0.15) is 0 Å². The molecule has 1 aliphatic carbocycles. The van der Waals surface area contributed by atoms with Crippen LogP contribution in [0.1, 0.15) is 63.7 Å².